The van der Waals surface area contributed by atoms with Crippen molar-refractivity contribution in [3.8, 4) is 5.75 Å². The van der Waals surface area contributed by atoms with Gasteiger partial charge < -0.3 is 20.1 Å². The molecule has 2 aromatic carbocycles. The maximum absolute atomic E-state index is 12.5. The molecule has 0 radical (unpaired) electrons. The molecule has 2 rings (SSSR count). The van der Waals surface area contributed by atoms with Gasteiger partial charge in [0.15, 0.2) is 6.10 Å². The Hall–Kier alpha value is -2.86. The van der Waals surface area contributed by atoms with E-state index in [0.717, 1.165) is 11.1 Å². The molecule has 2 aromatic rings. The fraction of sp³-hybridized carbons (Fsp3) is 0.333. The Balaban J connectivity index is 2.05. The van der Waals surface area contributed by atoms with Gasteiger partial charge in [0.25, 0.3) is 11.8 Å². The number of rotatable bonds is 8. The monoisotopic (exact) mass is 370 g/mol. The quantitative estimate of drug-likeness (QED) is 0.700. The van der Waals surface area contributed by atoms with E-state index in [-0.39, 0.29) is 11.8 Å². The minimum absolute atomic E-state index is 0.272. The van der Waals surface area contributed by atoms with Gasteiger partial charge in [-0.25, -0.2) is 0 Å². The van der Waals surface area contributed by atoms with Gasteiger partial charge in [-0.15, -0.1) is 0 Å². The standard InChI is InChI=1S/C21H26N2O4/c1-14-11-15(2)13-17(12-14)27-16(3)20(24)23-19-8-6-5-7-18(19)21(25)22-9-10-26-4/h5-8,11-13,16H,9-10H2,1-4H3,(H,22,25)(H,23,24)/t16-/m0/s1. The van der Waals surface area contributed by atoms with Gasteiger partial charge in [0.2, 0.25) is 0 Å². The lowest BCUT2D eigenvalue weighted by Crippen LogP contribution is -2.32. The number of anilines is 1. The van der Waals surface area contributed by atoms with Crippen LogP contribution in [0.4, 0.5) is 5.69 Å². The molecular formula is C21H26N2O4. The van der Waals surface area contributed by atoms with Crippen LogP contribution in [0.2, 0.25) is 0 Å². The Morgan fingerprint density at radius 3 is 2.41 bits per heavy atom. The van der Waals surface area contributed by atoms with Crippen LogP contribution in [0.15, 0.2) is 42.5 Å². The van der Waals surface area contributed by atoms with Gasteiger partial charge in [-0.2, -0.15) is 0 Å². The third-order valence-electron chi connectivity index (χ3n) is 3.90. The minimum atomic E-state index is -0.712. The summed E-state index contributed by atoms with van der Waals surface area (Å²) in [7, 11) is 1.57. The fourth-order valence-corrected chi connectivity index (χ4v) is 2.64. The van der Waals surface area contributed by atoms with Crippen LogP contribution in [0.1, 0.15) is 28.4 Å². The van der Waals surface area contributed by atoms with E-state index in [1.54, 1.807) is 38.3 Å². The Kier molecular flexibility index (Phi) is 7.37. The molecule has 0 aromatic heterocycles. The largest absolute Gasteiger partial charge is 0.481 e. The number of amides is 2. The average molecular weight is 370 g/mol. The Labute approximate surface area is 159 Å². The first-order chi connectivity index (χ1) is 12.9. The lowest BCUT2D eigenvalue weighted by molar-refractivity contribution is -0.122. The highest BCUT2D eigenvalue weighted by Gasteiger charge is 2.18. The van der Waals surface area contributed by atoms with Crippen LogP contribution in [0.3, 0.4) is 0 Å². The number of hydrogen-bond acceptors (Lipinski definition) is 4. The van der Waals surface area contributed by atoms with Gasteiger partial charge in [0, 0.05) is 13.7 Å². The van der Waals surface area contributed by atoms with Gasteiger partial charge >= 0.3 is 0 Å². The van der Waals surface area contributed by atoms with E-state index in [2.05, 4.69) is 10.6 Å². The van der Waals surface area contributed by atoms with E-state index in [1.165, 1.54) is 0 Å². The summed E-state index contributed by atoms with van der Waals surface area (Å²) in [5, 5.41) is 5.52. The van der Waals surface area contributed by atoms with Crippen LogP contribution in [0.25, 0.3) is 0 Å². The van der Waals surface area contributed by atoms with E-state index in [9.17, 15) is 9.59 Å². The molecule has 0 unspecified atom stereocenters. The second-order valence-corrected chi connectivity index (χ2v) is 6.37. The molecule has 2 N–H and O–H groups in total. The molecule has 0 fully saturated rings. The van der Waals surface area contributed by atoms with Gasteiger partial charge in [0.05, 0.1) is 17.9 Å². The van der Waals surface area contributed by atoms with Crippen molar-refractivity contribution < 1.29 is 19.1 Å². The topological polar surface area (TPSA) is 76.7 Å². The minimum Gasteiger partial charge on any atom is -0.481 e. The van der Waals surface area contributed by atoms with Gasteiger partial charge in [0.1, 0.15) is 5.75 Å². The first-order valence-electron chi connectivity index (χ1n) is 8.82. The molecular weight excluding hydrogens is 344 g/mol. The molecule has 0 saturated heterocycles. The second kappa shape index (κ2) is 9.73. The molecule has 6 heteroatoms. The summed E-state index contributed by atoms with van der Waals surface area (Å²) in [5.41, 5.74) is 2.96. The van der Waals surface area contributed by atoms with Crippen molar-refractivity contribution in [2.45, 2.75) is 26.9 Å². The van der Waals surface area contributed by atoms with Crippen molar-refractivity contribution in [1.29, 1.82) is 0 Å². The Bertz CT molecular complexity index is 784. The Morgan fingerprint density at radius 1 is 1.07 bits per heavy atom. The summed E-state index contributed by atoms with van der Waals surface area (Å²) in [6.45, 7) is 6.44. The highest BCUT2D eigenvalue weighted by atomic mass is 16.5. The smallest absolute Gasteiger partial charge is 0.265 e. The highest BCUT2D eigenvalue weighted by molar-refractivity contribution is 6.04. The predicted octanol–water partition coefficient (Wildman–Crippen LogP) is 3.09. The molecule has 0 aliphatic carbocycles. The molecule has 27 heavy (non-hydrogen) atoms. The summed E-state index contributed by atoms with van der Waals surface area (Å²) < 4.78 is 10.7. The van der Waals surface area contributed by atoms with Crippen LogP contribution in [0, 0.1) is 13.8 Å². The van der Waals surface area contributed by atoms with Crippen molar-refractivity contribution in [1.82, 2.24) is 5.32 Å². The van der Waals surface area contributed by atoms with Crippen molar-refractivity contribution in [2.24, 2.45) is 0 Å². The van der Waals surface area contributed by atoms with Gasteiger partial charge in [-0.05, 0) is 56.2 Å². The van der Waals surface area contributed by atoms with E-state index in [0.29, 0.717) is 30.2 Å². The molecule has 6 nitrogen and oxygen atoms in total. The number of benzene rings is 2. The zero-order valence-corrected chi connectivity index (χ0v) is 16.2. The summed E-state index contributed by atoms with van der Waals surface area (Å²) >= 11 is 0. The van der Waals surface area contributed by atoms with Crippen molar-refractivity contribution in [3.05, 3.63) is 59.2 Å². The number of carbonyl (C=O) groups is 2. The predicted molar refractivity (Wildman–Crippen MR) is 105 cm³/mol. The molecule has 0 heterocycles. The maximum atomic E-state index is 12.5. The normalized spacial score (nSPS) is 11.6. The van der Waals surface area contributed by atoms with Crippen molar-refractivity contribution in [3.63, 3.8) is 0 Å². The molecule has 144 valence electrons. The zero-order chi connectivity index (χ0) is 19.8. The summed E-state index contributed by atoms with van der Waals surface area (Å²) in [6, 6.07) is 12.7. The first-order valence-corrected chi connectivity index (χ1v) is 8.82. The second-order valence-electron chi connectivity index (χ2n) is 6.37. The number of hydrogen-bond donors (Lipinski definition) is 2. The Morgan fingerprint density at radius 2 is 1.74 bits per heavy atom. The maximum Gasteiger partial charge on any atom is 0.265 e. The summed E-state index contributed by atoms with van der Waals surface area (Å²) in [6.07, 6.45) is -0.712. The van der Waals surface area contributed by atoms with E-state index < -0.39 is 6.10 Å². The van der Waals surface area contributed by atoms with Crippen LogP contribution < -0.4 is 15.4 Å². The number of ether oxygens (including phenoxy) is 2. The molecule has 0 aliphatic heterocycles. The van der Waals surface area contributed by atoms with Crippen LogP contribution >= 0.6 is 0 Å². The van der Waals surface area contributed by atoms with Crippen LogP contribution in [0.5, 0.6) is 5.75 Å². The SMILES string of the molecule is COCCNC(=O)c1ccccc1NC(=O)[C@H](C)Oc1cc(C)cc(C)c1. The molecule has 0 aliphatic rings. The van der Waals surface area contributed by atoms with Crippen LogP contribution in [-0.2, 0) is 9.53 Å². The molecule has 0 saturated carbocycles. The van der Waals surface area contributed by atoms with Gasteiger partial charge in [-0.1, -0.05) is 18.2 Å². The van der Waals surface area contributed by atoms with E-state index in [1.807, 2.05) is 32.0 Å². The fourth-order valence-electron chi connectivity index (χ4n) is 2.64. The highest BCUT2D eigenvalue weighted by Crippen LogP contribution is 2.19. The third kappa shape index (κ3) is 6.11. The number of carbonyl (C=O) groups excluding carboxylic acids is 2. The summed E-state index contributed by atoms with van der Waals surface area (Å²) in [4.78, 5) is 24.8. The first kappa shape index (κ1) is 20.5. The lowest BCUT2D eigenvalue weighted by Gasteiger charge is -2.17. The lowest BCUT2D eigenvalue weighted by atomic mass is 10.1. The van der Waals surface area contributed by atoms with Crippen LogP contribution in [-0.4, -0.2) is 38.2 Å². The van der Waals surface area contributed by atoms with Gasteiger partial charge in [-0.3, -0.25) is 9.59 Å². The molecule has 0 spiro atoms. The number of nitrogens with one attached hydrogen (secondary N) is 2. The molecule has 1 atom stereocenters. The van der Waals surface area contributed by atoms with E-state index in [4.69, 9.17) is 9.47 Å². The summed E-state index contributed by atoms with van der Waals surface area (Å²) in [5.74, 6) is 0.0397. The number of aryl methyl sites for hydroxylation is 2. The van der Waals surface area contributed by atoms with E-state index >= 15 is 0 Å². The average Bonchev–Trinajstić information content (AvgIpc) is 2.61. The van der Waals surface area contributed by atoms with Crippen molar-refractivity contribution >= 4 is 17.5 Å². The number of methoxy groups -OCH3 is 1. The molecule has 0 bridgehead atoms. The number of para-hydroxylation sites is 1. The van der Waals surface area contributed by atoms with Crippen molar-refractivity contribution in [2.75, 3.05) is 25.6 Å². The zero-order valence-electron chi connectivity index (χ0n) is 16.2. The molecule has 2 amide bonds. The third-order valence-corrected chi connectivity index (χ3v) is 3.90.